The van der Waals surface area contributed by atoms with E-state index in [1.165, 1.54) is 12.1 Å². The minimum atomic E-state index is -0.707. The Hall–Kier alpha value is -1.60. The summed E-state index contributed by atoms with van der Waals surface area (Å²) < 4.78 is 13.1. The fourth-order valence-corrected chi connectivity index (χ4v) is 1.67. The number of phenols is 1. The van der Waals surface area contributed by atoms with Crippen LogP contribution in [0.5, 0.6) is 5.75 Å². The van der Waals surface area contributed by atoms with E-state index in [2.05, 4.69) is 0 Å². The summed E-state index contributed by atoms with van der Waals surface area (Å²) in [7, 11) is 0. The number of phenolic OH excluding ortho intramolecular Hbond substituents is 1. The zero-order valence-corrected chi connectivity index (χ0v) is 8.07. The third-order valence-electron chi connectivity index (χ3n) is 2.76. The van der Waals surface area contributed by atoms with Gasteiger partial charge in [0.25, 0.3) is 0 Å². The second-order valence-corrected chi connectivity index (χ2v) is 3.84. The van der Waals surface area contributed by atoms with Crippen LogP contribution in [0.1, 0.15) is 30.0 Å². The molecule has 2 rings (SSSR count). The van der Waals surface area contributed by atoms with Gasteiger partial charge >= 0.3 is 0 Å². The van der Waals surface area contributed by atoms with E-state index in [0.29, 0.717) is 11.5 Å². The molecule has 0 saturated heterocycles. The summed E-state index contributed by atoms with van der Waals surface area (Å²) in [4.78, 5) is 0. The lowest BCUT2D eigenvalue weighted by Crippen LogP contribution is -2.13. The Morgan fingerprint density at radius 1 is 1.53 bits per heavy atom. The van der Waals surface area contributed by atoms with Gasteiger partial charge in [0, 0.05) is 11.6 Å². The van der Waals surface area contributed by atoms with Crippen LogP contribution in [-0.4, -0.2) is 5.11 Å². The summed E-state index contributed by atoms with van der Waals surface area (Å²) >= 11 is 0. The molecule has 0 aromatic heterocycles. The van der Waals surface area contributed by atoms with Crippen LogP contribution in [-0.2, 0) is 0 Å². The largest absolute Gasteiger partial charge is 0.506 e. The molecule has 0 bridgehead atoms. The van der Waals surface area contributed by atoms with Crippen LogP contribution in [0.3, 0.4) is 0 Å². The fraction of sp³-hybridized carbons (Fsp3) is 0.364. The first-order chi connectivity index (χ1) is 7.15. The van der Waals surface area contributed by atoms with E-state index in [1.807, 2.05) is 0 Å². The molecule has 0 amide bonds. The number of nitrogens with two attached hydrogens (primary N) is 1. The molecule has 0 unspecified atom stereocenters. The molecule has 0 radical (unpaired) electrons. The maximum absolute atomic E-state index is 13.1. The van der Waals surface area contributed by atoms with Crippen molar-refractivity contribution in [3.8, 4) is 11.8 Å². The predicted octanol–water partition coefficient (Wildman–Crippen LogP) is 1.81. The number of halogens is 1. The molecule has 0 heterocycles. The van der Waals surface area contributed by atoms with Crippen LogP contribution >= 0.6 is 0 Å². The smallest absolute Gasteiger partial charge is 0.144 e. The maximum atomic E-state index is 13.1. The molecule has 78 valence electrons. The Morgan fingerprint density at radius 2 is 2.20 bits per heavy atom. The first kappa shape index (κ1) is 9.94. The molecule has 1 saturated carbocycles. The minimum Gasteiger partial charge on any atom is -0.506 e. The second kappa shape index (κ2) is 3.52. The Bertz CT molecular complexity index is 435. The molecule has 3 N–H and O–H groups in total. The van der Waals surface area contributed by atoms with Crippen molar-refractivity contribution in [1.29, 1.82) is 5.26 Å². The molecule has 1 aromatic rings. The van der Waals surface area contributed by atoms with E-state index < -0.39 is 5.82 Å². The first-order valence-electron chi connectivity index (χ1n) is 4.82. The van der Waals surface area contributed by atoms with Crippen LogP contribution in [0.2, 0.25) is 0 Å². The predicted molar refractivity (Wildman–Crippen MR) is 52.4 cm³/mol. The van der Waals surface area contributed by atoms with Gasteiger partial charge in [0.05, 0.1) is 0 Å². The van der Waals surface area contributed by atoms with E-state index in [1.54, 1.807) is 6.07 Å². The zero-order chi connectivity index (χ0) is 11.0. The third-order valence-corrected chi connectivity index (χ3v) is 2.76. The highest BCUT2D eigenvalue weighted by atomic mass is 19.1. The highest BCUT2D eigenvalue weighted by Gasteiger charge is 2.31. The number of hydrogen-bond acceptors (Lipinski definition) is 3. The summed E-state index contributed by atoms with van der Waals surface area (Å²) in [5.41, 5.74) is 6.03. The lowest BCUT2D eigenvalue weighted by atomic mass is 9.99. The molecular weight excluding hydrogens is 195 g/mol. The SMILES string of the molecule is N#Cc1c(F)ccc([C@H](N)C2CC2)c1O. The molecule has 1 aromatic carbocycles. The second-order valence-electron chi connectivity index (χ2n) is 3.84. The third kappa shape index (κ3) is 1.66. The van der Waals surface area contributed by atoms with E-state index in [0.717, 1.165) is 12.8 Å². The van der Waals surface area contributed by atoms with Crippen molar-refractivity contribution in [2.45, 2.75) is 18.9 Å². The van der Waals surface area contributed by atoms with Crippen LogP contribution in [0.4, 0.5) is 4.39 Å². The lowest BCUT2D eigenvalue weighted by molar-refractivity contribution is 0.448. The number of hydrogen-bond donors (Lipinski definition) is 2. The van der Waals surface area contributed by atoms with Crippen molar-refractivity contribution >= 4 is 0 Å². The van der Waals surface area contributed by atoms with Crippen LogP contribution in [0, 0.1) is 23.1 Å². The number of rotatable bonds is 2. The topological polar surface area (TPSA) is 70.0 Å². The highest BCUT2D eigenvalue weighted by Crippen LogP contribution is 2.42. The average Bonchev–Trinajstić information content (AvgIpc) is 3.01. The van der Waals surface area contributed by atoms with Crippen molar-refractivity contribution in [3.05, 3.63) is 29.1 Å². The van der Waals surface area contributed by atoms with Gasteiger partial charge in [0.2, 0.25) is 0 Å². The standard InChI is InChI=1S/C11H11FN2O/c12-9-4-3-7(10(14)6-1-2-6)11(15)8(9)5-13/h3-4,6,10,15H,1-2,14H2/t10-/m1/s1. The summed E-state index contributed by atoms with van der Waals surface area (Å²) in [6.07, 6.45) is 2.06. The molecule has 1 aliphatic carbocycles. The van der Waals surface area contributed by atoms with Gasteiger partial charge in [-0.25, -0.2) is 4.39 Å². The molecule has 0 spiro atoms. The van der Waals surface area contributed by atoms with Gasteiger partial charge in [-0.05, 0) is 24.8 Å². The van der Waals surface area contributed by atoms with Crippen molar-refractivity contribution in [2.75, 3.05) is 0 Å². The van der Waals surface area contributed by atoms with Crippen molar-refractivity contribution in [1.82, 2.24) is 0 Å². The van der Waals surface area contributed by atoms with Gasteiger partial charge in [0.1, 0.15) is 23.2 Å². The fourth-order valence-electron chi connectivity index (χ4n) is 1.67. The number of aromatic hydroxyl groups is 1. The zero-order valence-electron chi connectivity index (χ0n) is 8.07. The molecule has 3 nitrogen and oxygen atoms in total. The molecule has 1 aliphatic rings. The summed E-state index contributed by atoms with van der Waals surface area (Å²) in [6.45, 7) is 0. The van der Waals surface area contributed by atoms with E-state index in [9.17, 15) is 9.50 Å². The molecule has 1 fully saturated rings. The van der Waals surface area contributed by atoms with E-state index in [-0.39, 0.29) is 17.4 Å². The normalized spacial score (nSPS) is 17.1. The summed E-state index contributed by atoms with van der Waals surface area (Å²) in [6, 6.07) is 3.97. The Labute approximate surface area is 86.9 Å². The molecule has 1 atom stereocenters. The van der Waals surface area contributed by atoms with Gasteiger partial charge in [-0.3, -0.25) is 0 Å². The first-order valence-corrected chi connectivity index (χ1v) is 4.82. The maximum Gasteiger partial charge on any atom is 0.144 e. The van der Waals surface area contributed by atoms with Crippen LogP contribution in [0.25, 0.3) is 0 Å². The monoisotopic (exact) mass is 206 g/mol. The van der Waals surface area contributed by atoms with E-state index in [4.69, 9.17) is 11.0 Å². The van der Waals surface area contributed by atoms with Crippen LogP contribution in [0.15, 0.2) is 12.1 Å². The van der Waals surface area contributed by atoms with Crippen LogP contribution < -0.4 is 5.73 Å². The average molecular weight is 206 g/mol. The van der Waals surface area contributed by atoms with E-state index >= 15 is 0 Å². The van der Waals surface area contributed by atoms with Gasteiger partial charge in [-0.15, -0.1) is 0 Å². The number of benzene rings is 1. The minimum absolute atomic E-state index is 0.294. The Kier molecular flexibility index (Phi) is 2.33. The highest BCUT2D eigenvalue weighted by molar-refractivity contribution is 5.49. The molecule has 15 heavy (non-hydrogen) atoms. The Morgan fingerprint density at radius 3 is 2.73 bits per heavy atom. The number of nitriles is 1. The lowest BCUT2D eigenvalue weighted by Gasteiger charge is -2.13. The Balaban J connectivity index is 2.44. The number of nitrogens with zero attached hydrogens (tertiary/aromatic N) is 1. The summed E-state index contributed by atoms with van der Waals surface area (Å²) in [5, 5.41) is 18.3. The van der Waals surface area contributed by atoms with Gasteiger partial charge < -0.3 is 10.8 Å². The summed E-state index contributed by atoms with van der Waals surface area (Å²) in [5.74, 6) is -0.661. The van der Waals surface area contributed by atoms with Crippen molar-refractivity contribution in [3.63, 3.8) is 0 Å². The molecule has 0 aliphatic heterocycles. The van der Waals surface area contributed by atoms with Crippen molar-refractivity contribution in [2.24, 2.45) is 11.7 Å². The van der Waals surface area contributed by atoms with Gasteiger partial charge in [-0.2, -0.15) is 5.26 Å². The molecular formula is C11H11FN2O. The quantitative estimate of drug-likeness (QED) is 0.775. The van der Waals surface area contributed by atoms with Gasteiger partial charge in [0.15, 0.2) is 0 Å². The molecule has 4 heteroatoms. The van der Waals surface area contributed by atoms with Crippen molar-refractivity contribution < 1.29 is 9.50 Å². The van der Waals surface area contributed by atoms with Gasteiger partial charge in [-0.1, -0.05) is 6.07 Å².